The monoisotopic (exact) mass is 614 g/mol. The Morgan fingerprint density at radius 2 is 0.789 bits per heavy atom. The van der Waals surface area contributed by atoms with Gasteiger partial charge in [0.25, 0.3) is 0 Å². The van der Waals surface area contributed by atoms with Gasteiger partial charge in [0.1, 0.15) is 20.3 Å². The van der Waals surface area contributed by atoms with Crippen LogP contribution in [-0.2, 0) is 27.3 Å². The van der Waals surface area contributed by atoms with Gasteiger partial charge in [0, 0.05) is 6.66 Å². The van der Waals surface area contributed by atoms with E-state index in [1.54, 1.807) is 0 Å². The van der Waals surface area contributed by atoms with Crippen LogP contribution in [0.3, 0.4) is 0 Å². The zero-order valence-corrected chi connectivity index (χ0v) is 25.5. The van der Waals surface area contributed by atoms with Crippen LogP contribution < -0.4 is 31.9 Å². The first-order valence-electron chi connectivity index (χ1n) is 12.9. The Morgan fingerprint density at radius 1 is 0.526 bits per heavy atom. The Bertz CT molecular complexity index is 607. The molecule has 0 heterocycles. The molecule has 0 amide bonds. The maximum atomic E-state index is 10.6. The van der Waals surface area contributed by atoms with Gasteiger partial charge in [-0.2, -0.15) is 0 Å². The zero-order valence-electron chi connectivity index (χ0n) is 22.8. The molecule has 0 saturated carbocycles. The average molecular weight is 615 g/mol. The lowest BCUT2D eigenvalue weighted by Gasteiger charge is -2.20. The predicted octanol–water partition coefficient (Wildman–Crippen LogP) is 0.756. The Kier molecular flexibility index (Phi) is 32.3. The standard InChI is InChI=1S/2C7H18NO4P.C7H18NO3P/c2*8-5-3-1-2-4-6-12-13(10,11)7-9;1-12(9,10)11-7-5-3-2-4-6-8/h2*9H,1-8H2,(H,10,11);2-8H2,1H3,(H,9,10)/p-3. The molecule has 0 aromatic rings. The highest BCUT2D eigenvalue weighted by atomic mass is 31.2. The van der Waals surface area contributed by atoms with E-state index in [1.165, 1.54) is 0 Å². The summed E-state index contributed by atoms with van der Waals surface area (Å²) >= 11 is 0. The molecule has 17 heteroatoms. The number of hydrogen-bond acceptors (Lipinski definition) is 14. The fourth-order valence-corrected chi connectivity index (χ4v) is 3.96. The van der Waals surface area contributed by atoms with Crippen LogP contribution in [0.5, 0.6) is 0 Å². The van der Waals surface area contributed by atoms with E-state index in [-0.39, 0.29) is 13.2 Å². The molecular formula is C21H51N3O11P3-3. The molecule has 0 aliphatic carbocycles. The van der Waals surface area contributed by atoms with E-state index in [4.69, 9.17) is 27.4 Å². The van der Waals surface area contributed by atoms with E-state index in [9.17, 15) is 28.4 Å². The largest absolute Gasteiger partial charge is 0.779 e. The average Bonchev–Trinajstić information content (AvgIpc) is 2.86. The fourth-order valence-electron chi connectivity index (χ4n) is 2.52. The molecule has 14 nitrogen and oxygen atoms in total. The van der Waals surface area contributed by atoms with Gasteiger partial charge < -0.3 is 69.4 Å². The number of nitrogens with two attached hydrogens (primary N) is 3. The summed E-state index contributed by atoms with van der Waals surface area (Å²) in [6.45, 7) is 3.75. The van der Waals surface area contributed by atoms with Crippen LogP contribution in [0.2, 0.25) is 0 Å². The van der Waals surface area contributed by atoms with Gasteiger partial charge >= 0.3 is 0 Å². The minimum atomic E-state index is -3.95. The van der Waals surface area contributed by atoms with Crippen molar-refractivity contribution in [1.82, 2.24) is 0 Å². The Balaban J connectivity index is -0.000000484. The molecule has 0 aliphatic rings. The second-order valence-corrected chi connectivity index (χ2v) is 13.7. The predicted molar refractivity (Wildman–Crippen MR) is 143 cm³/mol. The summed E-state index contributed by atoms with van der Waals surface area (Å²) in [6, 6.07) is 0. The van der Waals surface area contributed by atoms with E-state index in [2.05, 4.69) is 13.6 Å². The molecule has 0 aromatic carbocycles. The van der Waals surface area contributed by atoms with Gasteiger partial charge in [-0.05, 0) is 58.2 Å². The molecular weight excluding hydrogens is 563 g/mol. The molecule has 3 unspecified atom stereocenters. The number of aliphatic hydroxyl groups is 2. The third kappa shape index (κ3) is 40.7. The van der Waals surface area contributed by atoms with Crippen molar-refractivity contribution in [3.63, 3.8) is 0 Å². The molecule has 3 atom stereocenters. The van der Waals surface area contributed by atoms with E-state index in [0.717, 1.165) is 70.9 Å². The second-order valence-electron chi connectivity index (χ2n) is 8.38. The van der Waals surface area contributed by atoms with Crippen molar-refractivity contribution < 1.29 is 52.2 Å². The first-order chi connectivity index (χ1) is 17.8. The second kappa shape index (κ2) is 28.8. The van der Waals surface area contributed by atoms with Crippen molar-refractivity contribution in [2.45, 2.75) is 77.0 Å². The van der Waals surface area contributed by atoms with E-state index in [0.29, 0.717) is 39.1 Å². The van der Waals surface area contributed by atoms with Crippen LogP contribution >= 0.6 is 22.8 Å². The third-order valence-corrected chi connectivity index (χ3v) is 7.04. The highest BCUT2D eigenvalue weighted by Gasteiger charge is 2.05. The van der Waals surface area contributed by atoms with Crippen LogP contribution in [0.15, 0.2) is 0 Å². The van der Waals surface area contributed by atoms with Crippen molar-refractivity contribution in [3.8, 4) is 0 Å². The van der Waals surface area contributed by atoms with E-state index >= 15 is 0 Å². The molecule has 0 rings (SSSR count). The molecule has 0 spiro atoms. The lowest BCUT2D eigenvalue weighted by molar-refractivity contribution is -0.203. The summed E-state index contributed by atoms with van der Waals surface area (Å²) in [5.41, 5.74) is 15.8. The smallest absolute Gasteiger partial charge is 0.160 e. The van der Waals surface area contributed by atoms with Crippen molar-refractivity contribution in [2.75, 3.05) is 58.8 Å². The van der Waals surface area contributed by atoms with Crippen LogP contribution in [-0.4, -0.2) is 69.0 Å². The topological polar surface area (TPSA) is 267 Å². The summed E-state index contributed by atoms with van der Waals surface area (Å²) < 4.78 is 45.3. The Morgan fingerprint density at radius 3 is 1.03 bits per heavy atom. The molecule has 0 bridgehead atoms. The van der Waals surface area contributed by atoms with Gasteiger partial charge in [-0.15, -0.1) is 0 Å². The normalized spacial score (nSPS) is 15.7. The van der Waals surface area contributed by atoms with Crippen LogP contribution in [0, 0.1) is 0 Å². The number of aliphatic hydroxyl groups excluding tert-OH is 2. The summed E-state index contributed by atoms with van der Waals surface area (Å²) in [5, 5.41) is 16.6. The van der Waals surface area contributed by atoms with Gasteiger partial charge in [0.05, 0.1) is 19.8 Å². The van der Waals surface area contributed by atoms with Crippen molar-refractivity contribution in [3.05, 3.63) is 0 Å². The first kappa shape index (κ1) is 42.7. The van der Waals surface area contributed by atoms with Gasteiger partial charge in [0.2, 0.25) is 0 Å². The summed E-state index contributed by atoms with van der Waals surface area (Å²) in [7, 11) is -11.4. The lowest BCUT2D eigenvalue weighted by atomic mass is 10.2. The Labute approximate surface area is 228 Å². The molecule has 0 fully saturated rings. The van der Waals surface area contributed by atoms with E-state index < -0.39 is 35.5 Å². The highest BCUT2D eigenvalue weighted by Crippen LogP contribution is 2.35. The van der Waals surface area contributed by atoms with Crippen LogP contribution in [0.4, 0.5) is 0 Å². The molecule has 8 N–H and O–H groups in total. The lowest BCUT2D eigenvalue weighted by Crippen LogP contribution is -2.09. The zero-order chi connectivity index (χ0) is 29.8. The molecule has 234 valence electrons. The summed E-state index contributed by atoms with van der Waals surface area (Å²) in [4.78, 5) is 31.8. The molecule has 38 heavy (non-hydrogen) atoms. The maximum absolute atomic E-state index is 10.6. The van der Waals surface area contributed by atoms with Crippen molar-refractivity contribution in [1.29, 1.82) is 0 Å². The summed E-state index contributed by atoms with van der Waals surface area (Å²) in [6.07, 6.45) is 9.05. The molecule has 0 saturated heterocycles. The minimum absolute atomic E-state index is 0.159. The Hall–Kier alpha value is 0.250. The summed E-state index contributed by atoms with van der Waals surface area (Å²) in [5.74, 6) is 0. The fraction of sp³-hybridized carbons (Fsp3) is 1.00. The van der Waals surface area contributed by atoms with Gasteiger partial charge in [-0.25, -0.2) is 0 Å². The molecule has 0 aliphatic heterocycles. The van der Waals surface area contributed by atoms with Crippen LogP contribution in [0.25, 0.3) is 0 Å². The first-order valence-corrected chi connectivity index (χ1v) is 18.4. The van der Waals surface area contributed by atoms with Gasteiger partial charge in [-0.1, -0.05) is 38.5 Å². The van der Waals surface area contributed by atoms with Crippen LogP contribution in [0.1, 0.15) is 77.0 Å². The maximum Gasteiger partial charge on any atom is 0.160 e. The minimum Gasteiger partial charge on any atom is -0.779 e. The van der Waals surface area contributed by atoms with Crippen molar-refractivity contribution >= 4 is 22.8 Å². The number of unbranched alkanes of at least 4 members (excludes halogenated alkanes) is 9. The van der Waals surface area contributed by atoms with Gasteiger partial charge in [-0.3, -0.25) is 0 Å². The quantitative estimate of drug-likeness (QED) is 0.0785. The highest BCUT2D eigenvalue weighted by molar-refractivity contribution is 7.51. The van der Waals surface area contributed by atoms with E-state index in [1.807, 2.05) is 0 Å². The number of rotatable bonds is 23. The van der Waals surface area contributed by atoms with Gasteiger partial charge in [0.15, 0.2) is 15.2 Å². The third-order valence-electron chi connectivity index (χ3n) is 4.54. The molecule has 0 aromatic heterocycles. The molecule has 0 radical (unpaired) electrons. The number of hydrogen-bond donors (Lipinski definition) is 5. The SMILES string of the molecule is CP(=O)([O-])OCCCCCCN.NCCCCCCOP(=O)([O-])CO.NCCCCCCOP(=O)([O-])CO. The van der Waals surface area contributed by atoms with Crippen molar-refractivity contribution in [2.24, 2.45) is 17.2 Å².